The lowest BCUT2D eigenvalue weighted by atomic mass is 9.86. The van der Waals surface area contributed by atoms with Crippen molar-refractivity contribution in [3.05, 3.63) is 47.7 Å². The molecule has 4 nitrogen and oxygen atoms in total. The maximum absolute atomic E-state index is 6.18. The van der Waals surface area contributed by atoms with Gasteiger partial charge in [0.2, 0.25) is 5.95 Å². The summed E-state index contributed by atoms with van der Waals surface area (Å²) in [6.07, 6.45) is 1.80. The van der Waals surface area contributed by atoms with Crippen molar-refractivity contribution in [2.24, 2.45) is 0 Å². The van der Waals surface area contributed by atoms with Crippen molar-refractivity contribution in [2.45, 2.75) is 33.1 Å². The fourth-order valence-corrected chi connectivity index (χ4v) is 2.65. The number of hydrogen-bond donors (Lipinski definition) is 1. The van der Waals surface area contributed by atoms with Gasteiger partial charge in [-0.2, -0.15) is 0 Å². The molecule has 0 atom stereocenters. The molecule has 0 spiro atoms. The highest BCUT2D eigenvalue weighted by Crippen LogP contribution is 2.32. The lowest BCUT2D eigenvalue weighted by molar-refractivity contribution is 0.587. The molecule has 2 N–H and O–H groups in total. The highest BCUT2D eigenvalue weighted by atomic mass is 15.2. The smallest absolute Gasteiger partial charge is 0.207 e. The van der Waals surface area contributed by atoms with E-state index in [1.54, 1.807) is 6.20 Å². The minimum Gasteiger partial charge on any atom is -0.369 e. The van der Waals surface area contributed by atoms with Gasteiger partial charge in [0.15, 0.2) is 5.65 Å². The Morgan fingerprint density at radius 3 is 2.52 bits per heavy atom. The summed E-state index contributed by atoms with van der Waals surface area (Å²) in [5, 5.41) is 0. The molecular weight excluding hydrogens is 260 g/mol. The zero-order valence-electron chi connectivity index (χ0n) is 12.9. The summed E-state index contributed by atoms with van der Waals surface area (Å²) in [4.78, 5) is 8.97. The summed E-state index contributed by atoms with van der Waals surface area (Å²) in [5.74, 6) is 0.475. The Morgan fingerprint density at radius 2 is 1.81 bits per heavy atom. The minimum atomic E-state index is 0.0173. The van der Waals surface area contributed by atoms with Crippen LogP contribution in [0, 0.1) is 6.92 Å². The topological polar surface area (TPSA) is 56.7 Å². The summed E-state index contributed by atoms with van der Waals surface area (Å²) in [6, 6.07) is 10.2. The monoisotopic (exact) mass is 280 g/mol. The summed E-state index contributed by atoms with van der Waals surface area (Å²) in [5.41, 5.74) is 11.2. The minimum absolute atomic E-state index is 0.0173. The average molecular weight is 280 g/mol. The van der Waals surface area contributed by atoms with Gasteiger partial charge >= 0.3 is 0 Å². The van der Waals surface area contributed by atoms with Crippen molar-refractivity contribution in [2.75, 3.05) is 5.73 Å². The number of hydrogen-bond acceptors (Lipinski definition) is 3. The van der Waals surface area contributed by atoms with Gasteiger partial charge in [-0.05, 0) is 35.6 Å². The van der Waals surface area contributed by atoms with Crippen LogP contribution in [0.3, 0.4) is 0 Å². The number of aromatic nitrogens is 3. The Labute approximate surface area is 124 Å². The predicted octanol–water partition coefficient (Wildman–Crippen LogP) is 3.61. The fraction of sp³-hybridized carbons (Fsp3) is 0.294. The highest BCUT2D eigenvalue weighted by molar-refractivity contribution is 5.80. The van der Waals surface area contributed by atoms with E-state index in [0.717, 1.165) is 22.4 Å². The first-order valence-electron chi connectivity index (χ1n) is 7.09. The summed E-state index contributed by atoms with van der Waals surface area (Å²) in [7, 11) is 0. The molecule has 0 bridgehead atoms. The maximum atomic E-state index is 6.18. The second-order valence-electron chi connectivity index (χ2n) is 6.37. The first-order valence-corrected chi connectivity index (χ1v) is 7.09. The van der Waals surface area contributed by atoms with Crippen molar-refractivity contribution in [1.82, 2.24) is 14.5 Å². The van der Waals surface area contributed by atoms with Crippen molar-refractivity contribution in [1.29, 1.82) is 0 Å². The van der Waals surface area contributed by atoms with E-state index in [0.29, 0.717) is 5.95 Å². The average Bonchev–Trinajstić information content (AvgIpc) is 2.75. The van der Waals surface area contributed by atoms with Gasteiger partial charge in [0.1, 0.15) is 5.52 Å². The van der Waals surface area contributed by atoms with E-state index >= 15 is 0 Å². The van der Waals surface area contributed by atoms with Crippen molar-refractivity contribution >= 4 is 17.1 Å². The molecule has 3 rings (SSSR count). The molecule has 0 unspecified atom stereocenters. The van der Waals surface area contributed by atoms with Gasteiger partial charge in [-0.3, -0.25) is 4.57 Å². The van der Waals surface area contributed by atoms with Crippen LogP contribution in [-0.2, 0) is 5.41 Å². The Kier molecular flexibility index (Phi) is 2.97. The van der Waals surface area contributed by atoms with Crippen LogP contribution in [0.1, 0.15) is 31.9 Å². The SMILES string of the molecule is Cc1ccnc2c1nc(N)n2-c1ccccc1C(C)(C)C. The van der Waals surface area contributed by atoms with Crippen molar-refractivity contribution in [3.8, 4) is 5.69 Å². The van der Waals surface area contributed by atoms with Crippen LogP contribution in [0.4, 0.5) is 5.95 Å². The predicted molar refractivity (Wildman–Crippen MR) is 86.7 cm³/mol. The number of nitrogen functional groups attached to an aromatic ring is 1. The first kappa shape index (κ1) is 13.6. The highest BCUT2D eigenvalue weighted by Gasteiger charge is 2.21. The van der Waals surface area contributed by atoms with E-state index in [4.69, 9.17) is 5.73 Å². The molecule has 21 heavy (non-hydrogen) atoms. The van der Waals surface area contributed by atoms with Gasteiger partial charge in [-0.25, -0.2) is 9.97 Å². The van der Waals surface area contributed by atoms with E-state index < -0.39 is 0 Å². The van der Waals surface area contributed by atoms with Crippen LogP contribution < -0.4 is 5.73 Å². The zero-order chi connectivity index (χ0) is 15.2. The molecule has 2 aromatic heterocycles. The number of anilines is 1. The number of fused-ring (bicyclic) bond motifs is 1. The number of para-hydroxylation sites is 1. The van der Waals surface area contributed by atoms with E-state index in [2.05, 4.69) is 48.9 Å². The largest absolute Gasteiger partial charge is 0.369 e. The molecule has 1 aromatic carbocycles. The van der Waals surface area contributed by atoms with Crippen molar-refractivity contribution in [3.63, 3.8) is 0 Å². The van der Waals surface area contributed by atoms with Gasteiger partial charge in [-0.1, -0.05) is 39.0 Å². The third-order valence-corrected chi connectivity index (χ3v) is 3.73. The second kappa shape index (κ2) is 4.58. The van der Waals surface area contributed by atoms with E-state index in [1.807, 2.05) is 23.6 Å². The standard InChI is InChI=1S/C17H20N4/c1-11-9-10-19-15-14(11)20-16(18)21(15)13-8-6-5-7-12(13)17(2,3)4/h5-10H,1-4H3,(H2,18,20). The molecule has 0 aliphatic carbocycles. The lowest BCUT2D eigenvalue weighted by Gasteiger charge is -2.23. The lowest BCUT2D eigenvalue weighted by Crippen LogP contribution is -2.16. The van der Waals surface area contributed by atoms with Gasteiger partial charge in [0.05, 0.1) is 5.69 Å². The first-order chi connectivity index (χ1) is 9.89. The van der Waals surface area contributed by atoms with Crippen LogP contribution in [0.15, 0.2) is 36.5 Å². The molecule has 3 aromatic rings. The van der Waals surface area contributed by atoms with Gasteiger partial charge in [-0.15, -0.1) is 0 Å². The van der Waals surface area contributed by atoms with Crippen LogP contribution in [0.25, 0.3) is 16.9 Å². The molecule has 0 saturated heterocycles. The van der Waals surface area contributed by atoms with E-state index in [1.165, 1.54) is 5.56 Å². The zero-order valence-corrected chi connectivity index (χ0v) is 12.9. The molecule has 4 heteroatoms. The summed E-state index contributed by atoms with van der Waals surface area (Å²) >= 11 is 0. The Bertz CT molecular complexity index is 809. The summed E-state index contributed by atoms with van der Waals surface area (Å²) in [6.45, 7) is 8.61. The van der Waals surface area contributed by atoms with E-state index in [-0.39, 0.29) is 5.41 Å². The molecule has 0 aliphatic rings. The number of nitrogens with zero attached hydrogens (tertiary/aromatic N) is 3. The number of pyridine rings is 1. The molecule has 0 radical (unpaired) electrons. The molecule has 108 valence electrons. The van der Waals surface area contributed by atoms with Crippen LogP contribution in [0.5, 0.6) is 0 Å². The fourth-order valence-electron chi connectivity index (χ4n) is 2.65. The Balaban J connectivity index is 2.37. The molecule has 0 amide bonds. The van der Waals surface area contributed by atoms with Crippen molar-refractivity contribution < 1.29 is 0 Å². The number of rotatable bonds is 1. The number of benzene rings is 1. The van der Waals surface area contributed by atoms with Gasteiger partial charge in [0, 0.05) is 6.20 Å². The van der Waals surface area contributed by atoms with E-state index in [9.17, 15) is 0 Å². The van der Waals surface area contributed by atoms with Gasteiger partial charge in [0.25, 0.3) is 0 Å². The molecule has 0 aliphatic heterocycles. The maximum Gasteiger partial charge on any atom is 0.207 e. The molecule has 2 heterocycles. The third-order valence-electron chi connectivity index (χ3n) is 3.73. The normalized spacial score (nSPS) is 12.0. The number of imidazole rings is 1. The molecule has 0 fully saturated rings. The molecular formula is C17H20N4. The summed E-state index contributed by atoms with van der Waals surface area (Å²) < 4.78 is 1.95. The second-order valence-corrected chi connectivity index (χ2v) is 6.37. The molecule has 0 saturated carbocycles. The quantitative estimate of drug-likeness (QED) is 0.741. The number of aryl methyl sites for hydroxylation is 1. The Morgan fingerprint density at radius 1 is 1.10 bits per heavy atom. The van der Waals surface area contributed by atoms with Crippen LogP contribution in [-0.4, -0.2) is 14.5 Å². The number of nitrogens with two attached hydrogens (primary N) is 1. The Hall–Kier alpha value is -2.36. The van der Waals surface area contributed by atoms with Crippen LogP contribution in [0.2, 0.25) is 0 Å². The third kappa shape index (κ3) is 2.17. The van der Waals surface area contributed by atoms with Crippen LogP contribution >= 0.6 is 0 Å². The van der Waals surface area contributed by atoms with Gasteiger partial charge < -0.3 is 5.73 Å².